The van der Waals surface area contributed by atoms with E-state index in [1.807, 2.05) is 18.2 Å². The quantitative estimate of drug-likeness (QED) is 0.397. The number of nitrogens with zero attached hydrogens (tertiary/aromatic N) is 2. The average Bonchev–Trinajstić information content (AvgIpc) is 3.55. The fourth-order valence-electron chi connectivity index (χ4n) is 7.94. The van der Waals surface area contributed by atoms with Gasteiger partial charge in [-0.15, -0.1) is 0 Å². The lowest BCUT2D eigenvalue weighted by molar-refractivity contribution is -0.199. The molecule has 5 aliphatic rings. The highest BCUT2D eigenvalue weighted by Gasteiger charge is 2.68. The van der Waals surface area contributed by atoms with E-state index in [2.05, 4.69) is 70.4 Å². The van der Waals surface area contributed by atoms with Crippen LogP contribution >= 0.6 is 0 Å². The SMILES string of the molecule is CC(C)(C)CCC(C#N)C(=O)N1CCC[C@H]1CNC(=O)N[C@@H](Cc1ccccc1)B1O[C@@H]2C[C@@H]3C[C@@H](C3(C)C)[C@]2(C)O1. The number of nitriles is 1. The van der Waals surface area contributed by atoms with Gasteiger partial charge in [-0.2, -0.15) is 5.26 Å². The Morgan fingerprint density at radius 1 is 1.19 bits per heavy atom. The lowest BCUT2D eigenvalue weighted by Gasteiger charge is -2.64. The summed E-state index contributed by atoms with van der Waals surface area (Å²) < 4.78 is 13.3. The summed E-state index contributed by atoms with van der Waals surface area (Å²) in [6.45, 7) is 14.2. The maximum atomic E-state index is 13.3. The van der Waals surface area contributed by atoms with Crippen molar-refractivity contribution in [2.75, 3.05) is 13.1 Å². The molecule has 1 aromatic carbocycles. The third-order valence-corrected chi connectivity index (χ3v) is 10.7. The van der Waals surface area contributed by atoms with Gasteiger partial charge in [0.25, 0.3) is 0 Å². The van der Waals surface area contributed by atoms with Crippen LogP contribution in [0.25, 0.3) is 0 Å². The van der Waals surface area contributed by atoms with Gasteiger partial charge in [-0.1, -0.05) is 65.0 Å². The fourth-order valence-corrected chi connectivity index (χ4v) is 7.94. The molecule has 8 nitrogen and oxygen atoms in total. The van der Waals surface area contributed by atoms with Gasteiger partial charge in [0.15, 0.2) is 0 Å². The molecule has 42 heavy (non-hydrogen) atoms. The van der Waals surface area contributed by atoms with Crippen molar-refractivity contribution in [2.24, 2.45) is 28.6 Å². The summed E-state index contributed by atoms with van der Waals surface area (Å²) in [6.07, 6.45) is 5.83. The molecule has 2 heterocycles. The van der Waals surface area contributed by atoms with E-state index in [0.717, 1.165) is 31.2 Å². The largest absolute Gasteiger partial charge is 0.482 e. The molecular formula is C33H49BN4O4. The zero-order chi connectivity index (χ0) is 30.3. The number of carbonyl (C=O) groups excluding carboxylic acids is 2. The van der Waals surface area contributed by atoms with Crippen LogP contribution in [0.1, 0.15) is 85.6 Å². The molecule has 1 aromatic rings. The number of hydrogen-bond donors (Lipinski definition) is 2. The summed E-state index contributed by atoms with van der Waals surface area (Å²) in [7, 11) is -0.537. The third-order valence-electron chi connectivity index (χ3n) is 10.7. The van der Waals surface area contributed by atoms with Crippen molar-refractivity contribution in [1.29, 1.82) is 5.26 Å². The van der Waals surface area contributed by atoms with Gasteiger partial charge in [0, 0.05) is 19.1 Å². The van der Waals surface area contributed by atoms with Crippen molar-refractivity contribution in [3.05, 3.63) is 35.9 Å². The fraction of sp³-hybridized carbons (Fsp3) is 0.727. The minimum Gasteiger partial charge on any atom is -0.404 e. The first-order valence-corrected chi connectivity index (χ1v) is 15.9. The number of amides is 3. The van der Waals surface area contributed by atoms with Crippen molar-refractivity contribution in [3.63, 3.8) is 0 Å². The Hall–Kier alpha value is -2.57. The molecule has 9 heteroatoms. The van der Waals surface area contributed by atoms with Gasteiger partial charge in [0.1, 0.15) is 5.92 Å². The van der Waals surface area contributed by atoms with E-state index in [9.17, 15) is 14.9 Å². The Labute approximate surface area is 252 Å². The smallest absolute Gasteiger partial charge is 0.404 e. The Morgan fingerprint density at radius 2 is 1.93 bits per heavy atom. The van der Waals surface area contributed by atoms with Gasteiger partial charge in [0.2, 0.25) is 5.91 Å². The second-order valence-electron chi connectivity index (χ2n) is 15.1. The minimum absolute atomic E-state index is 0.0341. The summed E-state index contributed by atoms with van der Waals surface area (Å²) in [4.78, 5) is 28.4. The number of nitrogens with one attached hydrogen (secondary N) is 2. The van der Waals surface area contributed by atoms with Crippen LogP contribution < -0.4 is 10.6 Å². The van der Waals surface area contributed by atoms with Crippen LogP contribution in [0.2, 0.25) is 0 Å². The van der Waals surface area contributed by atoms with Crippen molar-refractivity contribution >= 4 is 19.1 Å². The van der Waals surface area contributed by atoms with Gasteiger partial charge < -0.3 is 24.8 Å². The molecule has 6 rings (SSSR count). The molecule has 3 aliphatic carbocycles. The highest BCUT2D eigenvalue weighted by Crippen LogP contribution is 2.65. The minimum atomic E-state index is -0.647. The first-order chi connectivity index (χ1) is 19.8. The van der Waals surface area contributed by atoms with Crippen molar-refractivity contribution in [1.82, 2.24) is 15.5 Å². The molecule has 0 radical (unpaired) electrons. The van der Waals surface area contributed by atoms with Crippen LogP contribution in [0.3, 0.4) is 0 Å². The van der Waals surface area contributed by atoms with Crippen molar-refractivity contribution in [2.45, 2.75) is 110 Å². The predicted octanol–water partition coefficient (Wildman–Crippen LogP) is 5.12. The van der Waals surface area contributed by atoms with Gasteiger partial charge >= 0.3 is 13.1 Å². The monoisotopic (exact) mass is 576 g/mol. The van der Waals surface area contributed by atoms with Crippen LogP contribution in [-0.2, 0) is 20.5 Å². The summed E-state index contributed by atoms with van der Waals surface area (Å²) in [5.74, 6) is -0.0314. The van der Waals surface area contributed by atoms with Crippen LogP contribution in [0.4, 0.5) is 4.79 Å². The molecule has 5 fully saturated rings. The standard InChI is InChI=1S/C33H49BN4O4/c1-31(2,3)15-14-23(20-35)29(39)38-16-10-13-25(38)21-36-30(40)37-28(17-22-11-8-7-9-12-22)34-41-27-19-24-18-26(32(24,4)5)33(27,6)42-34/h7-9,11-12,23-28H,10,13-19,21H2,1-6H3,(H2,36,37,40)/t23?,24-,25-,26-,27+,28-,33-/m0/s1. The average molecular weight is 577 g/mol. The summed E-state index contributed by atoms with van der Waals surface area (Å²) >= 11 is 0. The molecule has 2 N–H and O–H groups in total. The number of hydrogen-bond acceptors (Lipinski definition) is 5. The third kappa shape index (κ3) is 6.21. The number of likely N-dealkylation sites (tertiary alicyclic amines) is 1. The van der Waals surface area contributed by atoms with Gasteiger partial charge in [-0.05, 0) is 80.1 Å². The van der Waals surface area contributed by atoms with E-state index < -0.39 is 13.0 Å². The molecule has 0 aromatic heterocycles. The molecule has 3 amide bonds. The van der Waals surface area contributed by atoms with Gasteiger partial charge in [0.05, 0.1) is 23.7 Å². The Balaban J connectivity index is 1.21. The summed E-state index contributed by atoms with van der Waals surface area (Å²) in [6, 6.07) is 11.9. The summed E-state index contributed by atoms with van der Waals surface area (Å²) in [5, 5.41) is 15.9. The van der Waals surface area contributed by atoms with Gasteiger partial charge in [-0.25, -0.2) is 4.79 Å². The van der Waals surface area contributed by atoms with E-state index >= 15 is 0 Å². The van der Waals surface area contributed by atoms with E-state index in [1.54, 1.807) is 4.90 Å². The lowest BCUT2D eigenvalue weighted by Crippen LogP contribution is -2.65. The maximum absolute atomic E-state index is 13.3. The molecule has 228 valence electrons. The van der Waals surface area contributed by atoms with E-state index in [-0.39, 0.29) is 46.5 Å². The second kappa shape index (κ2) is 11.8. The number of benzene rings is 1. The number of urea groups is 1. The Bertz CT molecular complexity index is 1180. The van der Waals surface area contributed by atoms with Crippen molar-refractivity contribution in [3.8, 4) is 6.07 Å². The Morgan fingerprint density at radius 3 is 2.60 bits per heavy atom. The maximum Gasteiger partial charge on any atom is 0.482 e. The van der Waals surface area contributed by atoms with Crippen molar-refractivity contribution < 1.29 is 18.9 Å². The lowest BCUT2D eigenvalue weighted by atomic mass is 9.43. The van der Waals surface area contributed by atoms with Crippen LogP contribution in [0, 0.1) is 39.9 Å². The molecule has 3 saturated carbocycles. The first kappa shape index (κ1) is 30.9. The number of carbonyl (C=O) groups is 2. The highest BCUT2D eigenvalue weighted by molar-refractivity contribution is 6.48. The zero-order valence-electron chi connectivity index (χ0n) is 26.3. The zero-order valence-corrected chi connectivity index (χ0v) is 26.3. The van der Waals surface area contributed by atoms with Crippen LogP contribution in [0.15, 0.2) is 30.3 Å². The molecule has 7 atom stereocenters. The molecule has 2 bridgehead atoms. The topological polar surface area (TPSA) is 104 Å². The molecular weight excluding hydrogens is 527 g/mol. The van der Waals surface area contributed by atoms with Crippen LogP contribution in [0.5, 0.6) is 0 Å². The van der Waals surface area contributed by atoms with E-state index in [4.69, 9.17) is 9.31 Å². The Kier molecular flexibility index (Phi) is 8.71. The molecule has 0 spiro atoms. The first-order valence-electron chi connectivity index (χ1n) is 15.9. The predicted molar refractivity (Wildman–Crippen MR) is 163 cm³/mol. The van der Waals surface area contributed by atoms with Gasteiger partial charge in [-0.3, -0.25) is 4.79 Å². The van der Waals surface area contributed by atoms with Crippen LogP contribution in [-0.4, -0.2) is 60.7 Å². The molecule has 2 saturated heterocycles. The second-order valence-corrected chi connectivity index (χ2v) is 15.1. The van der Waals surface area contributed by atoms with E-state index in [1.165, 1.54) is 6.42 Å². The number of rotatable bonds is 9. The molecule has 2 aliphatic heterocycles. The summed E-state index contributed by atoms with van der Waals surface area (Å²) in [5.41, 5.74) is 1.05. The normalized spacial score (nSPS) is 31.0. The highest BCUT2D eigenvalue weighted by atomic mass is 16.7. The molecule has 1 unspecified atom stereocenters. The van der Waals surface area contributed by atoms with E-state index in [0.29, 0.717) is 37.8 Å².